The number of hydrogen-bond acceptors (Lipinski definition) is 2. The summed E-state index contributed by atoms with van der Waals surface area (Å²) in [5.74, 6) is 0.785. The molecule has 0 fully saturated rings. The van der Waals surface area contributed by atoms with Gasteiger partial charge in [-0.05, 0) is 42.5 Å². The molecule has 2 aromatic rings. The van der Waals surface area contributed by atoms with Gasteiger partial charge >= 0.3 is 0 Å². The van der Waals surface area contributed by atoms with Crippen molar-refractivity contribution < 1.29 is 4.74 Å². The zero-order valence-electron chi connectivity index (χ0n) is 11.0. The van der Waals surface area contributed by atoms with Crippen molar-refractivity contribution in [3.05, 3.63) is 40.3 Å². The second-order valence-corrected chi connectivity index (χ2v) is 4.53. The fraction of sp³-hybridized carbons (Fsp3) is 0.400. The third kappa shape index (κ3) is 2.73. The Bertz CT molecular complexity index is 587. The maximum Gasteiger partial charge on any atom is 0.256 e. The number of aryl methyl sites for hydroxylation is 1. The molecule has 0 aliphatic heterocycles. The molecular weight excluding hydrogens is 226 g/mol. The molecule has 18 heavy (non-hydrogen) atoms. The van der Waals surface area contributed by atoms with Crippen molar-refractivity contribution in [3.63, 3.8) is 0 Å². The number of pyridine rings is 1. The highest BCUT2D eigenvalue weighted by Crippen LogP contribution is 2.19. The molecular formula is C15H19NO2. The van der Waals surface area contributed by atoms with Crippen molar-refractivity contribution in [1.29, 1.82) is 0 Å². The summed E-state index contributed by atoms with van der Waals surface area (Å²) in [6.45, 7) is 2.17. The Labute approximate surface area is 107 Å². The van der Waals surface area contributed by atoms with Gasteiger partial charge in [-0.2, -0.15) is 0 Å². The molecule has 1 aromatic heterocycles. The molecule has 3 nitrogen and oxygen atoms in total. The fourth-order valence-corrected chi connectivity index (χ4v) is 2.13. The highest BCUT2D eigenvalue weighted by molar-refractivity contribution is 5.83. The van der Waals surface area contributed by atoms with Crippen molar-refractivity contribution in [3.8, 4) is 5.75 Å². The number of hydrogen-bond donors (Lipinski definition) is 1. The Morgan fingerprint density at radius 2 is 2.06 bits per heavy atom. The first-order chi connectivity index (χ1) is 8.74. The highest BCUT2D eigenvalue weighted by atomic mass is 16.5. The first-order valence-electron chi connectivity index (χ1n) is 6.44. The van der Waals surface area contributed by atoms with E-state index in [1.54, 1.807) is 7.11 Å². The minimum atomic E-state index is -0.0124. The van der Waals surface area contributed by atoms with Gasteiger partial charge < -0.3 is 9.72 Å². The van der Waals surface area contributed by atoms with Crippen LogP contribution in [0.5, 0.6) is 5.75 Å². The van der Waals surface area contributed by atoms with Gasteiger partial charge in [0.15, 0.2) is 0 Å². The van der Waals surface area contributed by atoms with Crippen LogP contribution in [0.3, 0.4) is 0 Å². The molecule has 0 aliphatic rings. The molecule has 0 saturated heterocycles. The van der Waals surface area contributed by atoms with Crippen LogP contribution in [0.2, 0.25) is 0 Å². The first kappa shape index (κ1) is 12.7. The van der Waals surface area contributed by atoms with Crippen LogP contribution in [-0.4, -0.2) is 12.1 Å². The van der Waals surface area contributed by atoms with E-state index in [1.165, 1.54) is 12.8 Å². The molecule has 1 aromatic carbocycles. The molecule has 0 bridgehead atoms. The third-order valence-corrected chi connectivity index (χ3v) is 3.16. The molecule has 0 radical (unpaired) electrons. The Morgan fingerprint density at radius 3 is 2.78 bits per heavy atom. The number of methoxy groups -OCH3 is 1. The summed E-state index contributed by atoms with van der Waals surface area (Å²) in [5.41, 5.74) is 0.996. The van der Waals surface area contributed by atoms with Crippen LogP contribution >= 0.6 is 0 Å². The summed E-state index contributed by atoms with van der Waals surface area (Å²) < 4.78 is 5.19. The van der Waals surface area contributed by atoms with Crippen molar-refractivity contribution in [2.24, 2.45) is 0 Å². The molecule has 0 aliphatic carbocycles. The van der Waals surface area contributed by atoms with Crippen molar-refractivity contribution in [2.75, 3.05) is 7.11 Å². The quantitative estimate of drug-likeness (QED) is 0.821. The standard InChI is InChI=1S/C15H19NO2/c1-3-4-5-6-12-9-11-10-13(18-2)7-8-14(11)15(17)16-12/h7-10H,3-6H2,1-2H3,(H,16,17). The summed E-state index contributed by atoms with van der Waals surface area (Å²) >= 11 is 0. The lowest BCUT2D eigenvalue weighted by molar-refractivity contribution is 0.415. The highest BCUT2D eigenvalue weighted by Gasteiger charge is 2.03. The molecule has 0 amide bonds. The van der Waals surface area contributed by atoms with E-state index in [0.29, 0.717) is 0 Å². The number of H-pyrrole nitrogens is 1. The van der Waals surface area contributed by atoms with E-state index in [0.717, 1.165) is 35.1 Å². The lowest BCUT2D eigenvalue weighted by Gasteiger charge is -2.05. The zero-order chi connectivity index (χ0) is 13.0. The van der Waals surface area contributed by atoms with Crippen LogP contribution < -0.4 is 10.3 Å². The maximum absolute atomic E-state index is 11.9. The average molecular weight is 245 g/mol. The number of fused-ring (bicyclic) bond motifs is 1. The number of ether oxygens (including phenoxy) is 1. The van der Waals surface area contributed by atoms with E-state index < -0.39 is 0 Å². The number of benzene rings is 1. The van der Waals surface area contributed by atoms with Gasteiger partial charge in [0.05, 0.1) is 7.11 Å². The van der Waals surface area contributed by atoms with Crippen molar-refractivity contribution in [2.45, 2.75) is 32.6 Å². The largest absolute Gasteiger partial charge is 0.497 e. The van der Waals surface area contributed by atoms with E-state index in [4.69, 9.17) is 4.74 Å². The molecule has 0 unspecified atom stereocenters. The summed E-state index contributed by atoms with van der Waals surface area (Å²) in [7, 11) is 1.64. The predicted molar refractivity (Wildman–Crippen MR) is 74.3 cm³/mol. The number of aromatic amines is 1. The SMILES string of the molecule is CCCCCc1cc2cc(OC)ccc2c(=O)[nH]1. The minimum Gasteiger partial charge on any atom is -0.497 e. The van der Waals surface area contributed by atoms with Gasteiger partial charge in [0, 0.05) is 11.1 Å². The summed E-state index contributed by atoms with van der Waals surface area (Å²) in [6, 6.07) is 7.58. The molecule has 1 N–H and O–H groups in total. The number of rotatable bonds is 5. The normalized spacial score (nSPS) is 10.8. The number of unbranched alkanes of at least 4 members (excludes halogenated alkanes) is 2. The smallest absolute Gasteiger partial charge is 0.256 e. The summed E-state index contributed by atoms with van der Waals surface area (Å²) in [6.07, 6.45) is 4.42. The molecule has 1 heterocycles. The van der Waals surface area contributed by atoms with Crippen LogP contribution in [0.15, 0.2) is 29.1 Å². The average Bonchev–Trinajstić information content (AvgIpc) is 2.38. The molecule has 2 rings (SSSR count). The second-order valence-electron chi connectivity index (χ2n) is 4.53. The summed E-state index contributed by atoms with van der Waals surface area (Å²) in [5, 5.41) is 1.67. The topological polar surface area (TPSA) is 42.1 Å². The number of aromatic nitrogens is 1. The minimum absolute atomic E-state index is 0.0124. The van der Waals surface area contributed by atoms with Crippen LogP contribution in [0.4, 0.5) is 0 Å². The van der Waals surface area contributed by atoms with E-state index in [9.17, 15) is 4.79 Å². The van der Waals surface area contributed by atoms with Gasteiger partial charge in [-0.15, -0.1) is 0 Å². The van der Waals surface area contributed by atoms with Gasteiger partial charge in [0.2, 0.25) is 0 Å². The molecule has 3 heteroatoms. The van der Waals surface area contributed by atoms with Crippen LogP contribution in [0, 0.1) is 0 Å². The third-order valence-electron chi connectivity index (χ3n) is 3.16. The Balaban J connectivity index is 2.36. The Morgan fingerprint density at radius 1 is 1.22 bits per heavy atom. The zero-order valence-corrected chi connectivity index (χ0v) is 11.0. The molecule has 0 saturated carbocycles. The van der Waals surface area contributed by atoms with E-state index in [-0.39, 0.29) is 5.56 Å². The van der Waals surface area contributed by atoms with Crippen molar-refractivity contribution in [1.82, 2.24) is 4.98 Å². The van der Waals surface area contributed by atoms with Gasteiger partial charge in [0.25, 0.3) is 5.56 Å². The fourth-order valence-electron chi connectivity index (χ4n) is 2.13. The molecule has 0 spiro atoms. The Kier molecular flexibility index (Phi) is 4.03. The lowest BCUT2D eigenvalue weighted by atomic mass is 10.1. The van der Waals surface area contributed by atoms with Gasteiger partial charge in [-0.1, -0.05) is 19.8 Å². The van der Waals surface area contributed by atoms with Gasteiger partial charge in [-0.3, -0.25) is 4.79 Å². The van der Waals surface area contributed by atoms with Gasteiger partial charge in [-0.25, -0.2) is 0 Å². The summed E-state index contributed by atoms with van der Waals surface area (Å²) in [4.78, 5) is 14.9. The molecule has 96 valence electrons. The van der Waals surface area contributed by atoms with Crippen LogP contribution in [0.25, 0.3) is 10.8 Å². The van der Waals surface area contributed by atoms with Crippen LogP contribution in [-0.2, 0) is 6.42 Å². The van der Waals surface area contributed by atoms with Crippen molar-refractivity contribution >= 4 is 10.8 Å². The van der Waals surface area contributed by atoms with Gasteiger partial charge in [0.1, 0.15) is 5.75 Å². The monoisotopic (exact) mass is 245 g/mol. The van der Waals surface area contributed by atoms with E-state index in [2.05, 4.69) is 18.0 Å². The van der Waals surface area contributed by atoms with Crippen LogP contribution in [0.1, 0.15) is 31.9 Å². The molecule has 0 atom stereocenters. The maximum atomic E-state index is 11.9. The van der Waals surface area contributed by atoms with E-state index >= 15 is 0 Å². The lowest BCUT2D eigenvalue weighted by Crippen LogP contribution is -2.09. The van der Waals surface area contributed by atoms with E-state index in [1.807, 2.05) is 18.2 Å². The number of nitrogens with one attached hydrogen (secondary N) is 1. The predicted octanol–water partition coefficient (Wildman–Crippen LogP) is 3.27. The second kappa shape index (κ2) is 5.71. The first-order valence-corrected chi connectivity index (χ1v) is 6.44. The Hall–Kier alpha value is -1.77.